The van der Waals surface area contributed by atoms with Crippen molar-refractivity contribution in [3.63, 3.8) is 0 Å². The Morgan fingerprint density at radius 1 is 0.667 bits per heavy atom. The number of nitrogens with one attached hydrogen (secondary N) is 3. The van der Waals surface area contributed by atoms with Crippen LogP contribution >= 0.6 is 0 Å². The van der Waals surface area contributed by atoms with E-state index in [9.17, 15) is 9.59 Å². The quantitative estimate of drug-likeness (QED) is 0.536. The smallest absolute Gasteiger partial charge is 0.237 e. The molecule has 7 nitrogen and oxygen atoms in total. The molecule has 3 aliphatic rings. The average molecular weight is 337 g/mol. The van der Waals surface area contributed by atoms with Crippen molar-refractivity contribution < 1.29 is 9.59 Å². The first kappa shape index (κ1) is 17.6. The number of hydrogen-bond donors (Lipinski definition) is 3. The molecule has 3 fully saturated rings. The Morgan fingerprint density at radius 3 is 1.62 bits per heavy atom. The molecule has 0 radical (unpaired) electrons. The van der Waals surface area contributed by atoms with Crippen LogP contribution in [0.1, 0.15) is 32.1 Å². The molecule has 0 aromatic rings. The molecule has 7 heteroatoms. The normalized spacial score (nSPS) is 32.0. The maximum Gasteiger partial charge on any atom is 0.237 e. The van der Waals surface area contributed by atoms with E-state index >= 15 is 0 Å². The highest BCUT2D eigenvalue weighted by molar-refractivity contribution is 5.82. The van der Waals surface area contributed by atoms with Crippen molar-refractivity contribution in [2.75, 3.05) is 52.4 Å². The number of rotatable bonds is 0. The second-order valence-corrected chi connectivity index (χ2v) is 7.07. The van der Waals surface area contributed by atoms with Gasteiger partial charge in [-0.25, -0.2) is 0 Å². The van der Waals surface area contributed by atoms with Gasteiger partial charge in [-0.2, -0.15) is 0 Å². The van der Waals surface area contributed by atoms with E-state index in [1.165, 1.54) is 0 Å². The molecule has 3 saturated heterocycles. The number of hydrogen-bond acceptors (Lipinski definition) is 5. The van der Waals surface area contributed by atoms with Crippen LogP contribution in [0.4, 0.5) is 0 Å². The predicted molar refractivity (Wildman–Crippen MR) is 92.7 cm³/mol. The summed E-state index contributed by atoms with van der Waals surface area (Å²) < 4.78 is 0. The summed E-state index contributed by atoms with van der Waals surface area (Å²) in [5.41, 5.74) is 0. The van der Waals surface area contributed by atoms with Crippen molar-refractivity contribution in [2.45, 2.75) is 44.2 Å². The second kappa shape index (κ2) is 8.78. The Labute approximate surface area is 144 Å². The highest BCUT2D eigenvalue weighted by atomic mass is 16.2. The van der Waals surface area contributed by atoms with Crippen LogP contribution in [0.2, 0.25) is 0 Å². The van der Waals surface area contributed by atoms with Crippen molar-refractivity contribution >= 4 is 11.8 Å². The number of fused-ring (bicyclic) bond motifs is 2. The predicted octanol–water partition coefficient (Wildman–Crippen LogP) is -0.859. The summed E-state index contributed by atoms with van der Waals surface area (Å²) in [6, 6.07) is 0.0751. The van der Waals surface area contributed by atoms with Crippen LogP contribution in [0.3, 0.4) is 0 Å². The van der Waals surface area contributed by atoms with Gasteiger partial charge >= 0.3 is 0 Å². The minimum absolute atomic E-state index is 0.0376. The van der Waals surface area contributed by atoms with Crippen molar-refractivity contribution in [3.05, 3.63) is 0 Å². The molecule has 0 unspecified atom stereocenters. The van der Waals surface area contributed by atoms with Crippen molar-refractivity contribution in [1.29, 1.82) is 0 Å². The van der Waals surface area contributed by atoms with Gasteiger partial charge in [-0.15, -0.1) is 0 Å². The molecule has 3 aliphatic heterocycles. The van der Waals surface area contributed by atoms with Crippen LogP contribution in [0.15, 0.2) is 0 Å². The Balaban J connectivity index is 1.59. The molecule has 2 amide bonds. The van der Waals surface area contributed by atoms with Crippen LogP contribution in [-0.2, 0) is 9.59 Å². The summed E-state index contributed by atoms with van der Waals surface area (Å²) in [6.07, 6.45) is 5.16. The Morgan fingerprint density at radius 2 is 1.12 bits per heavy atom. The van der Waals surface area contributed by atoms with E-state index in [0.29, 0.717) is 13.1 Å². The summed E-state index contributed by atoms with van der Waals surface area (Å²) >= 11 is 0. The van der Waals surface area contributed by atoms with Crippen molar-refractivity contribution in [2.24, 2.45) is 0 Å². The summed E-state index contributed by atoms with van der Waals surface area (Å²) in [6.45, 7) is 6.69. The Bertz CT molecular complexity index is 407. The zero-order valence-corrected chi connectivity index (χ0v) is 14.6. The first-order valence-corrected chi connectivity index (χ1v) is 9.50. The molecule has 0 aromatic heterocycles. The van der Waals surface area contributed by atoms with Crippen LogP contribution in [0, 0.1) is 0 Å². The van der Waals surface area contributed by atoms with Crippen LogP contribution in [0.25, 0.3) is 0 Å². The van der Waals surface area contributed by atoms with Crippen LogP contribution < -0.4 is 16.0 Å². The average Bonchev–Trinajstić information content (AvgIpc) is 3.22. The molecule has 0 spiro atoms. The lowest BCUT2D eigenvalue weighted by atomic mass is 10.2. The molecule has 2 atom stereocenters. The standard InChI is InChI=1S/C17H31N5O2/c23-16-14-4-1-10-21(14)12-3-13-22-11-2-5-15(22)17(24)20-9-7-18-6-8-19-16/h14-15,18H,1-13H2,(H,19,23)(H,20,24)/t14-,15-/m0/s1. The fraction of sp³-hybridized carbons (Fsp3) is 0.882. The number of carbonyl (C=O) groups excluding carboxylic acids is 2. The lowest BCUT2D eigenvalue weighted by molar-refractivity contribution is -0.125. The van der Waals surface area contributed by atoms with Crippen molar-refractivity contribution in [1.82, 2.24) is 25.8 Å². The van der Waals surface area contributed by atoms with Gasteiger partial charge in [0.2, 0.25) is 11.8 Å². The van der Waals surface area contributed by atoms with E-state index in [2.05, 4.69) is 25.8 Å². The SMILES string of the molecule is O=C1NCCNCCNC(=O)[C@@H]2CCCN2CCCN2CCC[C@@H]12. The highest BCUT2D eigenvalue weighted by Crippen LogP contribution is 2.20. The summed E-state index contributed by atoms with van der Waals surface area (Å²) in [7, 11) is 0. The molecule has 3 heterocycles. The molecule has 0 bridgehead atoms. The van der Waals surface area contributed by atoms with Gasteiger partial charge in [0.1, 0.15) is 0 Å². The van der Waals surface area contributed by atoms with Gasteiger partial charge < -0.3 is 16.0 Å². The summed E-state index contributed by atoms with van der Waals surface area (Å²) in [5.74, 6) is 0.350. The molecule has 0 aliphatic carbocycles. The third-order valence-electron chi connectivity index (χ3n) is 5.43. The minimum Gasteiger partial charge on any atom is -0.353 e. The van der Waals surface area contributed by atoms with E-state index < -0.39 is 0 Å². The summed E-state index contributed by atoms with van der Waals surface area (Å²) in [4.78, 5) is 29.4. The van der Waals surface area contributed by atoms with Gasteiger partial charge in [0, 0.05) is 39.3 Å². The number of amides is 2. The molecule has 0 aromatic carbocycles. The maximum atomic E-state index is 12.4. The fourth-order valence-electron chi connectivity index (χ4n) is 4.17. The molecule has 24 heavy (non-hydrogen) atoms. The largest absolute Gasteiger partial charge is 0.353 e. The third-order valence-corrected chi connectivity index (χ3v) is 5.43. The maximum absolute atomic E-state index is 12.4. The van der Waals surface area contributed by atoms with Gasteiger partial charge in [-0.3, -0.25) is 19.4 Å². The van der Waals surface area contributed by atoms with E-state index in [4.69, 9.17) is 0 Å². The van der Waals surface area contributed by atoms with E-state index in [-0.39, 0.29) is 23.9 Å². The molecule has 3 N–H and O–H groups in total. The van der Waals surface area contributed by atoms with Gasteiger partial charge in [0.25, 0.3) is 0 Å². The van der Waals surface area contributed by atoms with Crippen LogP contribution in [-0.4, -0.2) is 86.1 Å². The molecular weight excluding hydrogens is 306 g/mol. The van der Waals surface area contributed by atoms with Gasteiger partial charge in [-0.05, 0) is 45.2 Å². The molecular formula is C17H31N5O2. The number of carbonyl (C=O) groups is 2. The van der Waals surface area contributed by atoms with Gasteiger partial charge in [-0.1, -0.05) is 0 Å². The van der Waals surface area contributed by atoms with E-state index in [1.54, 1.807) is 0 Å². The number of nitrogens with zero attached hydrogens (tertiary/aromatic N) is 2. The molecule has 3 rings (SSSR count). The monoisotopic (exact) mass is 337 g/mol. The topological polar surface area (TPSA) is 76.7 Å². The zero-order valence-electron chi connectivity index (χ0n) is 14.6. The first-order chi connectivity index (χ1) is 11.8. The van der Waals surface area contributed by atoms with Gasteiger partial charge in [0.05, 0.1) is 12.1 Å². The Kier molecular flexibility index (Phi) is 6.45. The van der Waals surface area contributed by atoms with E-state index in [1.807, 2.05) is 0 Å². The highest BCUT2D eigenvalue weighted by Gasteiger charge is 2.32. The van der Waals surface area contributed by atoms with E-state index in [0.717, 1.165) is 71.4 Å². The fourth-order valence-corrected chi connectivity index (χ4v) is 4.17. The summed E-state index contributed by atoms with van der Waals surface area (Å²) in [5, 5.41) is 9.35. The van der Waals surface area contributed by atoms with Gasteiger partial charge in [0.15, 0.2) is 0 Å². The lowest BCUT2D eigenvalue weighted by Crippen LogP contribution is -2.48. The zero-order chi connectivity index (χ0) is 16.8. The molecule has 136 valence electrons. The van der Waals surface area contributed by atoms with Crippen LogP contribution in [0.5, 0.6) is 0 Å². The minimum atomic E-state index is 0.0376. The van der Waals surface area contributed by atoms with Crippen molar-refractivity contribution in [3.8, 4) is 0 Å². The first-order valence-electron chi connectivity index (χ1n) is 9.50. The lowest BCUT2D eigenvalue weighted by Gasteiger charge is -2.27. The molecule has 0 saturated carbocycles. The Hall–Kier alpha value is -1.18. The second-order valence-electron chi connectivity index (χ2n) is 7.07. The third kappa shape index (κ3) is 4.46.